The standard InChI is InChI=1S/2C28H21N5O/c2*1-4-13-34-21-10-12-23-22(15-21)26(20-8-6-19(7-9-20)17(2)3)33-28(30-23)27-31-24-11-5-18(16-29)14-25(24)32-27/h2*1,5-12,14-15,17H,13H2,2-3H3,(H,31,32). The van der Waals surface area contributed by atoms with E-state index in [4.69, 9.17) is 42.3 Å². The van der Waals surface area contributed by atoms with Gasteiger partial charge in [-0.05, 0) is 95.8 Å². The average Bonchev–Trinajstić information content (AvgIpc) is 4.01. The monoisotopic (exact) mass is 886 g/mol. The second-order valence-electron chi connectivity index (χ2n) is 16.5. The number of ether oxygens (including phenoxy) is 2. The summed E-state index contributed by atoms with van der Waals surface area (Å²) < 4.78 is 11.3. The molecule has 12 heteroatoms. The summed E-state index contributed by atoms with van der Waals surface area (Å²) in [6.07, 6.45) is 10.7. The van der Waals surface area contributed by atoms with E-state index in [-0.39, 0.29) is 13.2 Å². The fourth-order valence-corrected chi connectivity index (χ4v) is 7.72. The van der Waals surface area contributed by atoms with Crippen LogP contribution < -0.4 is 9.47 Å². The predicted octanol–water partition coefficient (Wildman–Crippen LogP) is 11.7. The van der Waals surface area contributed by atoms with Crippen LogP contribution in [-0.4, -0.2) is 53.1 Å². The zero-order valence-corrected chi connectivity index (χ0v) is 37.7. The first-order valence-corrected chi connectivity index (χ1v) is 21.9. The van der Waals surface area contributed by atoms with Gasteiger partial charge < -0.3 is 19.4 Å². The van der Waals surface area contributed by atoms with Crippen molar-refractivity contribution in [2.75, 3.05) is 13.2 Å². The zero-order chi connectivity index (χ0) is 47.3. The Morgan fingerprint density at radius 2 is 0.882 bits per heavy atom. The summed E-state index contributed by atoms with van der Waals surface area (Å²) in [6, 6.07) is 43.1. The molecule has 0 fully saturated rings. The van der Waals surface area contributed by atoms with Gasteiger partial charge in [0.25, 0.3) is 0 Å². The maximum atomic E-state index is 9.20. The number of aromatic nitrogens is 8. The molecule has 0 saturated heterocycles. The lowest BCUT2D eigenvalue weighted by molar-refractivity contribution is 0.371. The van der Waals surface area contributed by atoms with E-state index in [1.165, 1.54) is 11.1 Å². The van der Waals surface area contributed by atoms with Gasteiger partial charge >= 0.3 is 0 Å². The van der Waals surface area contributed by atoms with E-state index in [1.807, 2.05) is 48.5 Å². The average molecular weight is 887 g/mol. The smallest absolute Gasteiger partial charge is 0.196 e. The lowest BCUT2D eigenvalue weighted by Crippen LogP contribution is -1.98. The molecular weight excluding hydrogens is 845 g/mol. The third-order valence-corrected chi connectivity index (χ3v) is 11.3. The highest BCUT2D eigenvalue weighted by molar-refractivity contribution is 5.96. The number of nitriles is 2. The van der Waals surface area contributed by atoms with E-state index in [9.17, 15) is 10.5 Å². The van der Waals surface area contributed by atoms with Crippen LogP contribution in [0.5, 0.6) is 11.5 Å². The normalized spacial score (nSPS) is 11.0. The van der Waals surface area contributed by atoms with E-state index < -0.39 is 0 Å². The quantitative estimate of drug-likeness (QED) is 0.126. The summed E-state index contributed by atoms with van der Waals surface area (Å²) in [5.41, 5.74) is 11.7. The Labute approximate surface area is 392 Å². The molecule has 0 aliphatic heterocycles. The number of hydrogen-bond donors (Lipinski definition) is 2. The fraction of sp³-hybridized carbons (Fsp3) is 0.143. The van der Waals surface area contributed by atoms with Crippen LogP contribution in [0.4, 0.5) is 0 Å². The van der Waals surface area contributed by atoms with Crippen molar-refractivity contribution in [1.29, 1.82) is 10.5 Å². The molecule has 68 heavy (non-hydrogen) atoms. The van der Waals surface area contributed by atoms with Crippen molar-refractivity contribution >= 4 is 43.9 Å². The molecule has 10 rings (SSSR count). The van der Waals surface area contributed by atoms with Crippen molar-refractivity contribution in [2.45, 2.75) is 39.5 Å². The van der Waals surface area contributed by atoms with Crippen LogP contribution in [0, 0.1) is 47.3 Å². The van der Waals surface area contributed by atoms with E-state index in [1.54, 1.807) is 24.3 Å². The first-order chi connectivity index (χ1) is 33.1. The minimum atomic E-state index is 0.187. The number of rotatable bonds is 10. The molecule has 0 bridgehead atoms. The number of H-pyrrole nitrogens is 2. The molecule has 0 aliphatic rings. The Balaban J connectivity index is 0.000000170. The number of benzene rings is 6. The van der Waals surface area contributed by atoms with Gasteiger partial charge in [-0.25, -0.2) is 29.9 Å². The first-order valence-electron chi connectivity index (χ1n) is 21.9. The van der Waals surface area contributed by atoms with Crippen LogP contribution in [0.25, 0.3) is 89.7 Å². The highest BCUT2D eigenvalue weighted by atomic mass is 16.5. The van der Waals surface area contributed by atoms with Crippen molar-refractivity contribution < 1.29 is 9.47 Å². The number of fused-ring (bicyclic) bond motifs is 4. The van der Waals surface area contributed by atoms with Gasteiger partial charge in [0.05, 0.1) is 67.8 Å². The minimum Gasteiger partial charge on any atom is -0.481 e. The Morgan fingerprint density at radius 3 is 1.25 bits per heavy atom. The van der Waals surface area contributed by atoms with Gasteiger partial charge in [-0.1, -0.05) is 88.1 Å². The second-order valence-corrected chi connectivity index (χ2v) is 16.5. The molecule has 0 spiro atoms. The molecular formula is C56H42N10O2. The van der Waals surface area contributed by atoms with Gasteiger partial charge in [0, 0.05) is 21.9 Å². The zero-order valence-electron chi connectivity index (χ0n) is 37.7. The van der Waals surface area contributed by atoms with Gasteiger partial charge in [-0.3, -0.25) is 0 Å². The van der Waals surface area contributed by atoms with Gasteiger partial charge in [-0.15, -0.1) is 12.8 Å². The van der Waals surface area contributed by atoms with E-state index in [0.717, 1.165) is 66.4 Å². The Kier molecular flexibility index (Phi) is 12.3. The third-order valence-electron chi connectivity index (χ3n) is 11.3. The number of aromatic amines is 2. The summed E-state index contributed by atoms with van der Waals surface area (Å²) in [4.78, 5) is 35.2. The number of imidazole rings is 2. The number of terminal acetylenes is 2. The van der Waals surface area contributed by atoms with Crippen molar-refractivity contribution in [3.8, 4) is 94.1 Å². The van der Waals surface area contributed by atoms with Crippen molar-refractivity contribution in [1.82, 2.24) is 39.9 Å². The summed E-state index contributed by atoms with van der Waals surface area (Å²) in [5.74, 6) is 9.21. The third kappa shape index (κ3) is 9.12. The molecule has 328 valence electrons. The largest absolute Gasteiger partial charge is 0.481 e. The topological polar surface area (TPSA) is 175 Å². The number of hydrogen-bond acceptors (Lipinski definition) is 10. The van der Waals surface area contributed by atoms with Gasteiger partial charge in [-0.2, -0.15) is 10.5 Å². The van der Waals surface area contributed by atoms with Gasteiger partial charge in [0.15, 0.2) is 23.3 Å². The van der Waals surface area contributed by atoms with Crippen LogP contribution in [0.2, 0.25) is 0 Å². The lowest BCUT2D eigenvalue weighted by Gasteiger charge is -2.11. The van der Waals surface area contributed by atoms with Crippen molar-refractivity contribution in [3.05, 3.63) is 144 Å². The molecule has 10 aromatic rings. The highest BCUT2D eigenvalue weighted by Crippen LogP contribution is 2.34. The second kappa shape index (κ2) is 19.0. The summed E-state index contributed by atoms with van der Waals surface area (Å²) in [5, 5.41) is 20.1. The van der Waals surface area contributed by atoms with Crippen molar-refractivity contribution in [2.24, 2.45) is 0 Å². The van der Waals surface area contributed by atoms with E-state index >= 15 is 0 Å². The lowest BCUT2D eigenvalue weighted by atomic mass is 9.99. The Morgan fingerprint density at radius 1 is 0.485 bits per heavy atom. The maximum absolute atomic E-state index is 9.20. The highest BCUT2D eigenvalue weighted by Gasteiger charge is 2.18. The Hall–Kier alpha value is -9.36. The molecule has 0 amide bonds. The van der Waals surface area contributed by atoms with Crippen LogP contribution >= 0.6 is 0 Å². The maximum Gasteiger partial charge on any atom is 0.196 e. The van der Waals surface area contributed by atoms with Crippen molar-refractivity contribution in [3.63, 3.8) is 0 Å². The van der Waals surface area contributed by atoms with E-state index in [0.29, 0.717) is 57.8 Å². The van der Waals surface area contributed by atoms with Crippen LogP contribution in [-0.2, 0) is 0 Å². The summed E-state index contributed by atoms with van der Waals surface area (Å²) >= 11 is 0. The van der Waals surface area contributed by atoms with Crippen LogP contribution in [0.3, 0.4) is 0 Å². The molecule has 12 nitrogen and oxygen atoms in total. The number of nitrogens with one attached hydrogen (secondary N) is 2. The van der Waals surface area contributed by atoms with E-state index in [2.05, 4.69) is 120 Å². The molecule has 0 unspecified atom stereocenters. The summed E-state index contributed by atoms with van der Waals surface area (Å²) in [6.45, 7) is 9.05. The molecule has 4 aromatic heterocycles. The predicted molar refractivity (Wildman–Crippen MR) is 266 cm³/mol. The van der Waals surface area contributed by atoms with Crippen LogP contribution in [0.1, 0.15) is 61.8 Å². The fourth-order valence-electron chi connectivity index (χ4n) is 7.72. The Bertz CT molecular complexity index is 3450. The van der Waals surface area contributed by atoms with Gasteiger partial charge in [0.1, 0.15) is 24.7 Å². The minimum absolute atomic E-state index is 0.187. The molecule has 0 atom stereocenters. The number of nitrogens with zero attached hydrogens (tertiary/aromatic N) is 8. The molecule has 0 saturated carbocycles. The molecule has 6 aromatic carbocycles. The molecule has 4 heterocycles. The van der Waals surface area contributed by atoms with Crippen LogP contribution in [0.15, 0.2) is 121 Å². The SMILES string of the molecule is C#CCOc1ccc2nc(-c3nc4ccc(C#N)cc4[nH]3)nc(-c3ccc(C(C)C)cc3)c2c1.C#CCOc1ccc2nc(-c3nc4ccc(C#N)cc4[nH]3)nc(-c3ccc(C(C)C)cc3)c2c1. The first kappa shape index (κ1) is 43.9. The molecule has 2 N–H and O–H groups in total. The molecule has 0 aliphatic carbocycles. The molecule has 0 radical (unpaired) electrons. The summed E-state index contributed by atoms with van der Waals surface area (Å²) in [7, 11) is 0. The van der Waals surface area contributed by atoms with Gasteiger partial charge in [0.2, 0.25) is 0 Å².